The van der Waals surface area contributed by atoms with E-state index in [4.69, 9.17) is 4.74 Å². The topological polar surface area (TPSA) is 72.5 Å². The van der Waals surface area contributed by atoms with Gasteiger partial charge in [-0.05, 0) is 26.7 Å². The zero-order chi connectivity index (χ0) is 13.8. The normalized spacial score (nSPS) is 27.9. The predicted octanol–water partition coefficient (Wildman–Crippen LogP) is 0.885. The minimum absolute atomic E-state index is 0.0968. The lowest BCUT2D eigenvalue weighted by atomic mass is 9.99. The molecule has 106 valence electrons. The molecule has 5 nitrogen and oxygen atoms in total. The van der Waals surface area contributed by atoms with Crippen LogP contribution in [-0.2, 0) is 19.4 Å². The van der Waals surface area contributed by atoms with Crippen LogP contribution >= 0.6 is 0 Å². The second-order valence-corrected chi connectivity index (χ2v) is 7.32. The average molecular weight is 277 g/mol. The molecule has 0 saturated carbocycles. The Morgan fingerprint density at radius 1 is 1.44 bits per heavy atom. The molecule has 1 aliphatic rings. The maximum atomic E-state index is 11.8. The van der Waals surface area contributed by atoms with Crippen molar-refractivity contribution in [2.45, 2.75) is 51.6 Å². The van der Waals surface area contributed by atoms with Gasteiger partial charge in [0.1, 0.15) is 6.04 Å². The van der Waals surface area contributed by atoms with E-state index >= 15 is 0 Å². The number of esters is 1. The molecule has 0 spiro atoms. The first-order chi connectivity index (χ1) is 8.32. The van der Waals surface area contributed by atoms with Crippen LogP contribution in [0.4, 0.5) is 0 Å². The molecule has 0 amide bonds. The van der Waals surface area contributed by atoms with Crippen LogP contribution in [0.5, 0.6) is 0 Å². The molecule has 1 aliphatic heterocycles. The third-order valence-corrected chi connectivity index (χ3v) is 5.08. The summed E-state index contributed by atoms with van der Waals surface area (Å²) in [6, 6.07) is -0.409. The summed E-state index contributed by atoms with van der Waals surface area (Å²) in [5, 5.41) is 3.18. The molecule has 1 rings (SSSR count). The van der Waals surface area contributed by atoms with E-state index in [-0.39, 0.29) is 17.5 Å². The number of hydrogen-bond donors (Lipinski definition) is 1. The highest BCUT2D eigenvalue weighted by molar-refractivity contribution is 7.91. The monoisotopic (exact) mass is 277 g/mol. The summed E-state index contributed by atoms with van der Waals surface area (Å²) in [6.45, 7) is 5.96. The van der Waals surface area contributed by atoms with Gasteiger partial charge in [-0.25, -0.2) is 8.42 Å². The Morgan fingerprint density at radius 2 is 2.11 bits per heavy atom. The first kappa shape index (κ1) is 15.4. The number of carbonyl (C=O) groups excluding carboxylic acids is 1. The van der Waals surface area contributed by atoms with Gasteiger partial charge in [0.15, 0.2) is 9.84 Å². The molecule has 6 heteroatoms. The second kappa shape index (κ2) is 6.02. The van der Waals surface area contributed by atoms with Crippen LogP contribution in [0.2, 0.25) is 0 Å². The third-order valence-electron chi connectivity index (χ3n) is 3.17. The molecule has 0 aromatic carbocycles. The molecule has 18 heavy (non-hydrogen) atoms. The molecule has 1 N–H and O–H groups in total. The highest BCUT2D eigenvalue weighted by Crippen LogP contribution is 2.24. The number of sulfone groups is 1. The molecule has 2 unspecified atom stereocenters. The molecule has 0 aliphatic carbocycles. The summed E-state index contributed by atoms with van der Waals surface area (Å²) in [5.74, 6) is 0.00232. The van der Waals surface area contributed by atoms with Crippen molar-refractivity contribution >= 4 is 15.8 Å². The second-order valence-electron chi connectivity index (χ2n) is 5.14. The van der Waals surface area contributed by atoms with Gasteiger partial charge in [0.25, 0.3) is 0 Å². The van der Waals surface area contributed by atoms with Gasteiger partial charge in [-0.3, -0.25) is 10.1 Å². The van der Waals surface area contributed by atoms with Gasteiger partial charge >= 0.3 is 5.97 Å². The van der Waals surface area contributed by atoms with Crippen molar-refractivity contribution in [2.75, 3.05) is 18.1 Å². The smallest absolute Gasteiger partial charge is 0.323 e. The third kappa shape index (κ3) is 4.24. The quantitative estimate of drug-likeness (QED) is 0.730. The van der Waals surface area contributed by atoms with Crippen molar-refractivity contribution in [2.24, 2.45) is 0 Å². The van der Waals surface area contributed by atoms with Crippen LogP contribution in [0.3, 0.4) is 0 Å². The minimum atomic E-state index is -2.97. The molecule has 0 bridgehead atoms. The van der Waals surface area contributed by atoms with Crippen LogP contribution in [0, 0.1) is 0 Å². The highest BCUT2D eigenvalue weighted by Gasteiger charge is 2.40. The Labute approximate surface area is 109 Å². The lowest BCUT2D eigenvalue weighted by Gasteiger charge is -2.29. The number of carbonyl (C=O) groups is 1. The van der Waals surface area contributed by atoms with Crippen molar-refractivity contribution < 1.29 is 17.9 Å². The average Bonchev–Trinajstić information content (AvgIpc) is 2.53. The molecule has 0 radical (unpaired) electrons. The summed E-state index contributed by atoms with van der Waals surface area (Å²) in [7, 11) is -2.97. The first-order valence-electron chi connectivity index (χ1n) is 6.46. The largest absolute Gasteiger partial charge is 0.465 e. The van der Waals surface area contributed by atoms with Gasteiger partial charge in [-0.1, -0.05) is 13.3 Å². The van der Waals surface area contributed by atoms with Crippen molar-refractivity contribution in [3.05, 3.63) is 0 Å². The summed E-state index contributed by atoms with van der Waals surface area (Å²) < 4.78 is 28.1. The Kier molecular flexibility index (Phi) is 5.16. The Morgan fingerprint density at radius 3 is 2.56 bits per heavy atom. The van der Waals surface area contributed by atoms with E-state index < -0.39 is 21.4 Å². The van der Waals surface area contributed by atoms with Crippen molar-refractivity contribution in [1.29, 1.82) is 0 Å². The molecule has 1 heterocycles. The van der Waals surface area contributed by atoms with Crippen LogP contribution in [0.15, 0.2) is 0 Å². The van der Waals surface area contributed by atoms with Crippen LogP contribution in [0.25, 0.3) is 0 Å². The fourth-order valence-corrected chi connectivity index (χ4v) is 4.43. The molecule has 1 fully saturated rings. The summed E-state index contributed by atoms with van der Waals surface area (Å²) in [4.78, 5) is 11.8. The van der Waals surface area contributed by atoms with Crippen molar-refractivity contribution in [3.63, 3.8) is 0 Å². The molecule has 2 atom stereocenters. The van der Waals surface area contributed by atoms with Gasteiger partial charge in [0.2, 0.25) is 0 Å². The van der Waals surface area contributed by atoms with E-state index in [2.05, 4.69) is 5.32 Å². The number of hydrogen-bond acceptors (Lipinski definition) is 5. The molecule has 0 aromatic rings. The molecular formula is C12H23NO4S. The van der Waals surface area contributed by atoms with Gasteiger partial charge < -0.3 is 4.74 Å². The van der Waals surface area contributed by atoms with Crippen molar-refractivity contribution in [3.8, 4) is 0 Å². The van der Waals surface area contributed by atoms with Crippen LogP contribution in [-0.4, -0.2) is 44.1 Å². The van der Waals surface area contributed by atoms with E-state index in [9.17, 15) is 13.2 Å². The van der Waals surface area contributed by atoms with E-state index in [1.807, 2.05) is 13.8 Å². The fraction of sp³-hybridized carbons (Fsp3) is 0.917. The van der Waals surface area contributed by atoms with Gasteiger partial charge in [-0.15, -0.1) is 0 Å². The van der Waals surface area contributed by atoms with E-state index in [0.717, 1.165) is 6.42 Å². The zero-order valence-electron chi connectivity index (χ0n) is 11.4. The number of nitrogens with one attached hydrogen (secondary N) is 1. The molecular weight excluding hydrogens is 254 g/mol. The van der Waals surface area contributed by atoms with Crippen LogP contribution < -0.4 is 5.32 Å². The number of rotatable bonds is 6. The van der Waals surface area contributed by atoms with Crippen LogP contribution in [0.1, 0.15) is 40.0 Å². The van der Waals surface area contributed by atoms with Gasteiger partial charge in [-0.2, -0.15) is 0 Å². The molecule has 0 aromatic heterocycles. The van der Waals surface area contributed by atoms with Gasteiger partial charge in [0.05, 0.1) is 18.1 Å². The Balaban J connectivity index is 2.69. The summed E-state index contributed by atoms with van der Waals surface area (Å²) >= 11 is 0. The van der Waals surface area contributed by atoms with Gasteiger partial charge in [0, 0.05) is 5.54 Å². The zero-order valence-corrected chi connectivity index (χ0v) is 12.2. The lowest BCUT2D eigenvalue weighted by Crippen LogP contribution is -2.52. The van der Waals surface area contributed by atoms with E-state index in [1.165, 1.54) is 0 Å². The van der Waals surface area contributed by atoms with E-state index in [0.29, 0.717) is 19.4 Å². The SMILES string of the molecule is CCCC(NC1(C)CCS(=O)(=O)C1)C(=O)OCC. The number of ether oxygens (including phenoxy) is 1. The summed E-state index contributed by atoms with van der Waals surface area (Å²) in [6.07, 6.45) is 2.06. The molecule has 1 saturated heterocycles. The highest BCUT2D eigenvalue weighted by atomic mass is 32.2. The van der Waals surface area contributed by atoms with E-state index in [1.54, 1.807) is 6.92 Å². The van der Waals surface area contributed by atoms with Crippen molar-refractivity contribution in [1.82, 2.24) is 5.32 Å². The Bertz CT molecular complexity index is 393. The predicted molar refractivity (Wildman–Crippen MR) is 70.1 cm³/mol. The maximum absolute atomic E-state index is 11.8. The first-order valence-corrected chi connectivity index (χ1v) is 8.29. The minimum Gasteiger partial charge on any atom is -0.465 e. The lowest BCUT2D eigenvalue weighted by molar-refractivity contribution is -0.146. The standard InChI is InChI=1S/C12H23NO4S/c1-4-6-10(11(14)17-5-2)13-12(3)7-8-18(15,16)9-12/h10,13H,4-9H2,1-3H3. The fourth-order valence-electron chi connectivity index (χ4n) is 2.33. The Hall–Kier alpha value is -0.620. The summed E-state index contributed by atoms with van der Waals surface area (Å²) in [5.41, 5.74) is -0.509. The maximum Gasteiger partial charge on any atom is 0.323 e.